The predicted molar refractivity (Wildman–Crippen MR) is 147 cm³/mol. The van der Waals surface area contributed by atoms with E-state index in [9.17, 15) is 9.90 Å². The van der Waals surface area contributed by atoms with Crippen LogP contribution in [0.3, 0.4) is 0 Å². The SMILES string of the molecule is CCCCCCCCCCCCCCCCCCCCC(C)N[C@@H](CCCN=C(N)N)C(=O)O. The highest BCUT2D eigenvalue weighted by molar-refractivity contribution is 5.75. The molecule has 1 unspecified atom stereocenters. The van der Waals surface area contributed by atoms with Gasteiger partial charge in [0.2, 0.25) is 0 Å². The molecule has 0 saturated carbocycles. The van der Waals surface area contributed by atoms with Gasteiger partial charge in [0.25, 0.3) is 0 Å². The predicted octanol–water partition coefficient (Wildman–Crippen LogP) is 6.90. The number of guanidine groups is 1. The van der Waals surface area contributed by atoms with E-state index in [1.807, 2.05) is 0 Å². The molecule has 6 nitrogen and oxygen atoms in total. The second-order valence-electron chi connectivity index (χ2n) is 10.2. The van der Waals surface area contributed by atoms with Crippen molar-refractivity contribution < 1.29 is 9.90 Å². The van der Waals surface area contributed by atoms with Gasteiger partial charge in [-0.15, -0.1) is 0 Å². The monoisotopic (exact) mass is 482 g/mol. The number of aliphatic imine (C=N–C) groups is 1. The highest BCUT2D eigenvalue weighted by Gasteiger charge is 2.18. The van der Waals surface area contributed by atoms with Crippen molar-refractivity contribution in [3.8, 4) is 0 Å². The van der Waals surface area contributed by atoms with E-state index in [1.165, 1.54) is 109 Å². The molecule has 0 aliphatic heterocycles. The van der Waals surface area contributed by atoms with E-state index in [0.29, 0.717) is 19.4 Å². The molecule has 0 rings (SSSR count). The van der Waals surface area contributed by atoms with E-state index in [-0.39, 0.29) is 12.0 Å². The summed E-state index contributed by atoms with van der Waals surface area (Å²) in [7, 11) is 0. The Labute approximate surface area is 211 Å². The number of rotatable bonds is 26. The molecule has 0 aromatic rings. The van der Waals surface area contributed by atoms with Crippen LogP contribution < -0.4 is 16.8 Å². The van der Waals surface area contributed by atoms with Crippen molar-refractivity contribution in [3.05, 3.63) is 0 Å². The molecule has 2 atom stereocenters. The second kappa shape index (κ2) is 24.8. The molecule has 0 heterocycles. The van der Waals surface area contributed by atoms with Gasteiger partial charge in [-0.2, -0.15) is 0 Å². The van der Waals surface area contributed by atoms with Gasteiger partial charge < -0.3 is 21.9 Å². The molecule has 0 saturated heterocycles. The molecule has 0 aliphatic rings. The Bertz CT molecular complexity index is 481. The summed E-state index contributed by atoms with van der Waals surface area (Å²) in [6.07, 6.45) is 27.1. The van der Waals surface area contributed by atoms with E-state index in [0.717, 1.165) is 12.8 Å². The van der Waals surface area contributed by atoms with Crippen LogP contribution in [0, 0.1) is 0 Å². The van der Waals surface area contributed by atoms with E-state index in [4.69, 9.17) is 11.5 Å². The van der Waals surface area contributed by atoms with Crippen LogP contribution in [0.5, 0.6) is 0 Å². The van der Waals surface area contributed by atoms with Gasteiger partial charge in [0, 0.05) is 12.6 Å². The molecule has 0 aliphatic carbocycles. The van der Waals surface area contributed by atoms with E-state index in [1.54, 1.807) is 0 Å². The summed E-state index contributed by atoms with van der Waals surface area (Å²) < 4.78 is 0. The van der Waals surface area contributed by atoms with Crippen molar-refractivity contribution in [2.75, 3.05) is 6.54 Å². The van der Waals surface area contributed by atoms with Crippen molar-refractivity contribution in [1.82, 2.24) is 5.32 Å². The zero-order valence-corrected chi connectivity index (χ0v) is 22.7. The van der Waals surface area contributed by atoms with Crippen molar-refractivity contribution in [3.63, 3.8) is 0 Å². The largest absolute Gasteiger partial charge is 0.480 e. The Kier molecular flexibility index (Phi) is 23.9. The van der Waals surface area contributed by atoms with Crippen molar-refractivity contribution in [2.24, 2.45) is 16.5 Å². The minimum atomic E-state index is -0.797. The minimum absolute atomic E-state index is 0.0577. The molecule has 202 valence electrons. The van der Waals surface area contributed by atoms with Gasteiger partial charge in [-0.3, -0.25) is 9.79 Å². The van der Waals surface area contributed by atoms with Crippen molar-refractivity contribution in [2.45, 2.75) is 161 Å². The summed E-state index contributed by atoms with van der Waals surface area (Å²) >= 11 is 0. The van der Waals surface area contributed by atoms with Crippen LogP contribution in [0.4, 0.5) is 0 Å². The third kappa shape index (κ3) is 23.8. The zero-order valence-electron chi connectivity index (χ0n) is 22.7. The fraction of sp³-hybridized carbons (Fsp3) is 0.929. The third-order valence-electron chi connectivity index (χ3n) is 6.72. The number of nitrogens with zero attached hydrogens (tertiary/aromatic N) is 1. The Morgan fingerprint density at radius 3 is 1.50 bits per heavy atom. The fourth-order valence-electron chi connectivity index (χ4n) is 4.56. The lowest BCUT2D eigenvalue weighted by Crippen LogP contribution is -2.42. The topological polar surface area (TPSA) is 114 Å². The van der Waals surface area contributed by atoms with Gasteiger partial charge in [-0.25, -0.2) is 0 Å². The summed E-state index contributed by atoms with van der Waals surface area (Å²) in [6.45, 7) is 4.84. The molecule has 0 spiro atoms. The summed E-state index contributed by atoms with van der Waals surface area (Å²) in [4.78, 5) is 15.4. The number of carboxylic acids is 1. The molecule has 0 aromatic carbocycles. The number of nitrogens with one attached hydrogen (secondary N) is 1. The molecular formula is C28H58N4O2. The molecule has 0 aromatic heterocycles. The molecular weight excluding hydrogens is 424 g/mol. The van der Waals surface area contributed by atoms with Gasteiger partial charge in [0.05, 0.1) is 0 Å². The normalized spacial score (nSPS) is 13.0. The molecule has 6 N–H and O–H groups in total. The van der Waals surface area contributed by atoms with E-state index < -0.39 is 12.0 Å². The van der Waals surface area contributed by atoms with Crippen LogP contribution in [0.2, 0.25) is 0 Å². The maximum atomic E-state index is 11.5. The first-order chi connectivity index (χ1) is 16.5. The first-order valence-electron chi connectivity index (χ1n) is 14.5. The highest BCUT2D eigenvalue weighted by Crippen LogP contribution is 2.15. The zero-order chi connectivity index (χ0) is 25.3. The highest BCUT2D eigenvalue weighted by atomic mass is 16.4. The summed E-state index contributed by atoms with van der Waals surface area (Å²) in [5.74, 6) is -0.739. The molecule has 0 amide bonds. The van der Waals surface area contributed by atoms with E-state index in [2.05, 4.69) is 24.2 Å². The second-order valence-corrected chi connectivity index (χ2v) is 10.2. The first kappa shape index (κ1) is 32.7. The van der Waals surface area contributed by atoms with Crippen LogP contribution in [0.1, 0.15) is 149 Å². The lowest BCUT2D eigenvalue weighted by molar-refractivity contribution is -0.139. The van der Waals surface area contributed by atoms with Gasteiger partial charge in [-0.05, 0) is 26.2 Å². The number of aliphatic carboxylic acids is 1. The summed E-state index contributed by atoms with van der Waals surface area (Å²) in [5.41, 5.74) is 10.6. The standard InChI is InChI=1S/C28H58N4O2/c1-3-4-5-6-7-8-9-10-11-12-13-14-15-16-17-18-19-20-22-25(2)32-26(27(33)34)23-21-24-31-28(29)30/h25-26,32H,3-24H2,1-2H3,(H,33,34)(H4,29,30,31)/t25?,26-/m0/s1. The van der Waals surface area contributed by atoms with Crippen molar-refractivity contribution >= 4 is 11.9 Å². The van der Waals surface area contributed by atoms with Crippen LogP contribution in [-0.2, 0) is 4.79 Å². The number of hydrogen-bond acceptors (Lipinski definition) is 3. The Morgan fingerprint density at radius 2 is 1.12 bits per heavy atom. The molecule has 6 heteroatoms. The number of unbranched alkanes of at least 4 members (excludes halogenated alkanes) is 17. The number of nitrogens with two attached hydrogens (primary N) is 2. The number of carboxylic acid groups (broad SMARTS) is 1. The summed E-state index contributed by atoms with van der Waals surface area (Å²) in [5, 5.41) is 12.7. The lowest BCUT2D eigenvalue weighted by atomic mass is 10.0. The molecule has 34 heavy (non-hydrogen) atoms. The maximum absolute atomic E-state index is 11.5. The van der Waals surface area contributed by atoms with Crippen LogP contribution >= 0.6 is 0 Å². The third-order valence-corrected chi connectivity index (χ3v) is 6.72. The van der Waals surface area contributed by atoms with Gasteiger partial charge in [0.15, 0.2) is 5.96 Å². The Hall–Kier alpha value is -1.30. The van der Waals surface area contributed by atoms with Crippen LogP contribution in [0.15, 0.2) is 4.99 Å². The first-order valence-corrected chi connectivity index (χ1v) is 14.5. The van der Waals surface area contributed by atoms with Crippen LogP contribution in [0.25, 0.3) is 0 Å². The van der Waals surface area contributed by atoms with Crippen molar-refractivity contribution in [1.29, 1.82) is 0 Å². The Morgan fingerprint density at radius 1 is 0.706 bits per heavy atom. The number of hydrogen-bond donors (Lipinski definition) is 4. The summed E-state index contributed by atoms with van der Waals surface area (Å²) in [6, 6.07) is -0.315. The fourth-order valence-corrected chi connectivity index (χ4v) is 4.56. The van der Waals surface area contributed by atoms with Gasteiger partial charge in [0.1, 0.15) is 6.04 Å². The minimum Gasteiger partial charge on any atom is -0.480 e. The smallest absolute Gasteiger partial charge is 0.320 e. The number of carbonyl (C=O) groups is 1. The average molecular weight is 483 g/mol. The molecule has 0 radical (unpaired) electrons. The van der Waals surface area contributed by atoms with Gasteiger partial charge >= 0.3 is 5.97 Å². The average Bonchev–Trinajstić information content (AvgIpc) is 2.80. The van der Waals surface area contributed by atoms with Gasteiger partial charge in [-0.1, -0.05) is 122 Å². The quantitative estimate of drug-likeness (QED) is 0.0608. The van der Waals surface area contributed by atoms with Crippen LogP contribution in [-0.4, -0.2) is 35.7 Å². The lowest BCUT2D eigenvalue weighted by Gasteiger charge is -2.20. The van der Waals surface area contributed by atoms with E-state index >= 15 is 0 Å². The maximum Gasteiger partial charge on any atom is 0.320 e. The Balaban J connectivity index is 3.45. The molecule has 0 fully saturated rings. The molecule has 0 bridgehead atoms.